The van der Waals surface area contributed by atoms with E-state index in [2.05, 4.69) is 4.74 Å². The third-order valence-corrected chi connectivity index (χ3v) is 4.34. The zero-order valence-electron chi connectivity index (χ0n) is 14.9. The summed E-state index contributed by atoms with van der Waals surface area (Å²) in [5.74, 6) is -2.72. The molecule has 1 fully saturated rings. The highest BCUT2D eigenvalue weighted by molar-refractivity contribution is 5.93. The highest BCUT2D eigenvalue weighted by Crippen LogP contribution is 2.35. The van der Waals surface area contributed by atoms with Gasteiger partial charge in [0, 0.05) is 12.6 Å². The third-order valence-electron chi connectivity index (χ3n) is 4.34. The Morgan fingerprint density at radius 3 is 2.54 bits per heavy atom. The average Bonchev–Trinajstić information content (AvgIpc) is 3.34. The number of aliphatic carboxylic acids is 1. The number of carbonyl (C=O) groups is 2. The van der Waals surface area contributed by atoms with Crippen LogP contribution in [0.1, 0.15) is 30.3 Å². The molecular formula is C19H18F3NO5. The zero-order valence-corrected chi connectivity index (χ0v) is 14.9. The molecule has 1 unspecified atom stereocenters. The van der Waals surface area contributed by atoms with Crippen LogP contribution in [0.15, 0.2) is 40.8 Å². The molecule has 0 bridgehead atoms. The minimum atomic E-state index is -4.86. The van der Waals surface area contributed by atoms with Gasteiger partial charge in [0.25, 0.3) is 5.91 Å². The summed E-state index contributed by atoms with van der Waals surface area (Å²) >= 11 is 0. The van der Waals surface area contributed by atoms with Crippen molar-refractivity contribution in [3.63, 3.8) is 0 Å². The lowest BCUT2D eigenvalue weighted by Crippen LogP contribution is -2.38. The number of hydrogen-bond acceptors (Lipinski definition) is 4. The number of furan rings is 1. The van der Waals surface area contributed by atoms with Crippen molar-refractivity contribution in [2.75, 3.05) is 6.54 Å². The maximum absolute atomic E-state index is 12.8. The fourth-order valence-electron chi connectivity index (χ4n) is 2.78. The van der Waals surface area contributed by atoms with Gasteiger partial charge in [-0.15, -0.1) is 13.2 Å². The number of rotatable bonds is 7. The van der Waals surface area contributed by atoms with Gasteiger partial charge in [0.2, 0.25) is 0 Å². The highest BCUT2D eigenvalue weighted by Gasteiger charge is 2.36. The molecule has 0 radical (unpaired) electrons. The van der Waals surface area contributed by atoms with E-state index in [1.807, 2.05) is 0 Å². The van der Waals surface area contributed by atoms with Gasteiger partial charge in [-0.1, -0.05) is 19.1 Å². The van der Waals surface area contributed by atoms with Gasteiger partial charge in [0.05, 0.1) is 11.5 Å². The Morgan fingerprint density at radius 2 is 1.93 bits per heavy atom. The van der Waals surface area contributed by atoms with Crippen LogP contribution in [0.4, 0.5) is 13.2 Å². The number of halogens is 3. The van der Waals surface area contributed by atoms with Crippen molar-refractivity contribution in [1.82, 2.24) is 4.90 Å². The van der Waals surface area contributed by atoms with Crippen LogP contribution in [-0.4, -0.2) is 40.8 Å². The van der Waals surface area contributed by atoms with E-state index >= 15 is 0 Å². The molecule has 9 heteroatoms. The Balaban J connectivity index is 1.84. The van der Waals surface area contributed by atoms with Crippen LogP contribution < -0.4 is 4.74 Å². The molecule has 0 spiro atoms. The molecule has 1 saturated carbocycles. The molecule has 0 aliphatic heterocycles. The zero-order chi connectivity index (χ0) is 20.5. The molecule has 150 valence electrons. The number of carbonyl (C=O) groups excluding carboxylic acids is 1. The largest absolute Gasteiger partial charge is 0.573 e. The van der Waals surface area contributed by atoms with Crippen molar-refractivity contribution in [2.45, 2.75) is 32.2 Å². The fourth-order valence-corrected chi connectivity index (χ4v) is 2.78. The number of hydrogen-bond donors (Lipinski definition) is 1. The molecule has 3 rings (SSSR count). The molecule has 1 heterocycles. The quantitative estimate of drug-likeness (QED) is 0.759. The van der Waals surface area contributed by atoms with E-state index < -0.39 is 29.9 Å². The van der Waals surface area contributed by atoms with Gasteiger partial charge in [-0.25, -0.2) is 0 Å². The number of carboxylic acid groups (broad SMARTS) is 1. The maximum atomic E-state index is 12.8. The summed E-state index contributed by atoms with van der Waals surface area (Å²) in [6.07, 6.45) is -3.32. The van der Waals surface area contributed by atoms with E-state index in [0.717, 1.165) is 18.9 Å². The van der Waals surface area contributed by atoms with E-state index in [9.17, 15) is 22.8 Å². The summed E-state index contributed by atoms with van der Waals surface area (Å²) in [5, 5.41) is 9.09. The Kier molecular flexibility index (Phi) is 5.35. The highest BCUT2D eigenvalue weighted by atomic mass is 19.4. The van der Waals surface area contributed by atoms with Gasteiger partial charge >= 0.3 is 12.3 Å². The minimum Gasteiger partial charge on any atom is -0.481 e. The summed E-state index contributed by atoms with van der Waals surface area (Å²) in [7, 11) is 0. The number of carboxylic acids is 1. The lowest BCUT2D eigenvalue weighted by atomic mass is 10.1. The summed E-state index contributed by atoms with van der Waals surface area (Å²) in [5.41, 5.74) is 0.0516. The first-order valence-corrected chi connectivity index (χ1v) is 8.64. The summed E-state index contributed by atoms with van der Waals surface area (Å²) in [4.78, 5) is 25.3. The Morgan fingerprint density at radius 1 is 1.25 bits per heavy atom. The first-order chi connectivity index (χ1) is 13.2. The number of ether oxygens (including phenoxy) is 1. The van der Waals surface area contributed by atoms with Gasteiger partial charge in [0.15, 0.2) is 5.76 Å². The van der Waals surface area contributed by atoms with Crippen molar-refractivity contribution in [3.05, 3.63) is 42.2 Å². The molecule has 1 aliphatic carbocycles. The standard InChI is InChI=1S/C19H18F3NO5/c1-11(18(25)26)10-23(12-6-7-12)17(24)16-9-8-14(27-16)13-4-2-3-5-15(13)28-19(20,21)22/h2-5,8-9,11-12H,6-7,10H2,1H3,(H,25,26). The Hall–Kier alpha value is -2.97. The molecule has 2 aromatic rings. The molecule has 1 N–H and O–H groups in total. The molecule has 1 atom stereocenters. The van der Waals surface area contributed by atoms with E-state index in [1.54, 1.807) is 0 Å². The molecule has 6 nitrogen and oxygen atoms in total. The van der Waals surface area contributed by atoms with Crippen LogP contribution in [-0.2, 0) is 4.79 Å². The van der Waals surface area contributed by atoms with Crippen molar-refractivity contribution in [2.24, 2.45) is 5.92 Å². The van der Waals surface area contributed by atoms with Crippen LogP contribution in [0.2, 0.25) is 0 Å². The van der Waals surface area contributed by atoms with E-state index in [4.69, 9.17) is 9.52 Å². The second-order valence-corrected chi connectivity index (χ2v) is 6.64. The van der Waals surface area contributed by atoms with Gasteiger partial charge in [-0.3, -0.25) is 9.59 Å². The average molecular weight is 397 g/mol. The van der Waals surface area contributed by atoms with Gasteiger partial charge in [-0.2, -0.15) is 0 Å². The summed E-state index contributed by atoms with van der Waals surface area (Å²) in [6.45, 7) is 1.53. The van der Waals surface area contributed by atoms with Crippen molar-refractivity contribution >= 4 is 11.9 Å². The second kappa shape index (κ2) is 7.57. The van der Waals surface area contributed by atoms with Crippen LogP contribution >= 0.6 is 0 Å². The number of benzene rings is 1. The second-order valence-electron chi connectivity index (χ2n) is 6.64. The topological polar surface area (TPSA) is 80.0 Å². The molecule has 1 aromatic carbocycles. The van der Waals surface area contributed by atoms with Gasteiger partial charge in [0.1, 0.15) is 11.5 Å². The molecule has 28 heavy (non-hydrogen) atoms. The number of para-hydroxylation sites is 1. The van der Waals surface area contributed by atoms with Crippen LogP contribution in [0, 0.1) is 5.92 Å². The molecule has 1 aromatic heterocycles. The fraction of sp³-hybridized carbons (Fsp3) is 0.368. The first kappa shape index (κ1) is 19.8. The smallest absolute Gasteiger partial charge is 0.481 e. The predicted octanol–water partition coefficient (Wildman–Crippen LogP) is 4.17. The minimum absolute atomic E-state index is 0.0304. The maximum Gasteiger partial charge on any atom is 0.573 e. The lowest BCUT2D eigenvalue weighted by molar-refractivity contribution is -0.274. The van der Waals surface area contributed by atoms with Gasteiger partial charge < -0.3 is 19.2 Å². The summed E-state index contributed by atoms with van der Waals surface area (Å²) in [6, 6.07) is 8.15. The normalized spacial score (nSPS) is 15.1. The molecule has 1 aliphatic rings. The third kappa shape index (κ3) is 4.65. The molecular weight excluding hydrogens is 379 g/mol. The number of nitrogens with zero attached hydrogens (tertiary/aromatic N) is 1. The van der Waals surface area contributed by atoms with Crippen LogP contribution in [0.25, 0.3) is 11.3 Å². The number of amides is 1. The van der Waals surface area contributed by atoms with Crippen molar-refractivity contribution in [3.8, 4) is 17.1 Å². The van der Waals surface area contributed by atoms with E-state index in [-0.39, 0.29) is 29.7 Å². The van der Waals surface area contributed by atoms with Crippen molar-refractivity contribution in [1.29, 1.82) is 0 Å². The van der Waals surface area contributed by atoms with E-state index in [0.29, 0.717) is 0 Å². The van der Waals surface area contributed by atoms with Crippen LogP contribution in [0.3, 0.4) is 0 Å². The first-order valence-electron chi connectivity index (χ1n) is 8.64. The van der Waals surface area contributed by atoms with Crippen LogP contribution in [0.5, 0.6) is 5.75 Å². The summed E-state index contributed by atoms with van der Waals surface area (Å²) < 4.78 is 47.3. The van der Waals surface area contributed by atoms with Gasteiger partial charge in [-0.05, 0) is 37.1 Å². The predicted molar refractivity (Wildman–Crippen MR) is 91.7 cm³/mol. The number of alkyl halides is 3. The van der Waals surface area contributed by atoms with E-state index in [1.165, 1.54) is 42.2 Å². The SMILES string of the molecule is CC(CN(C(=O)c1ccc(-c2ccccc2OC(F)(F)F)o1)C1CC1)C(=O)O. The van der Waals surface area contributed by atoms with Crippen molar-refractivity contribution < 1.29 is 37.0 Å². The Labute approximate surface area is 158 Å². The molecule has 0 saturated heterocycles. The molecule has 1 amide bonds. The lowest BCUT2D eigenvalue weighted by Gasteiger charge is -2.23. The Bertz CT molecular complexity index is 872. The monoisotopic (exact) mass is 397 g/mol.